The third-order valence-corrected chi connectivity index (χ3v) is 4.67. The Morgan fingerprint density at radius 1 is 1.25 bits per heavy atom. The van der Waals surface area contributed by atoms with Crippen molar-refractivity contribution in [2.45, 2.75) is 23.8 Å². The molecule has 1 aromatic rings. The highest BCUT2D eigenvalue weighted by Gasteiger charge is 2.19. The van der Waals surface area contributed by atoms with Crippen LogP contribution < -0.4 is 4.72 Å². The Balaban J connectivity index is 2.18. The first kappa shape index (κ1) is 12.1. The molecule has 1 aliphatic carbocycles. The highest BCUT2D eigenvalue weighted by molar-refractivity contribution is 14.1. The number of nitrogens with one attached hydrogen (secondary N) is 1. The number of halogens is 1. The Hall–Kier alpha value is -0.400. The molecule has 0 bridgehead atoms. The lowest BCUT2D eigenvalue weighted by Gasteiger charge is -2.11. The Kier molecular flexibility index (Phi) is 3.66. The molecule has 2 rings (SSSR count). The van der Waals surface area contributed by atoms with E-state index in [9.17, 15) is 8.42 Å². The van der Waals surface area contributed by atoms with Crippen molar-refractivity contribution >= 4 is 32.6 Å². The van der Waals surface area contributed by atoms with Gasteiger partial charge < -0.3 is 0 Å². The fourth-order valence-corrected chi connectivity index (χ4v) is 3.20. The molecule has 1 aliphatic rings. The van der Waals surface area contributed by atoms with Crippen molar-refractivity contribution in [1.82, 2.24) is 4.72 Å². The molecule has 3 nitrogen and oxygen atoms in total. The van der Waals surface area contributed by atoms with E-state index in [4.69, 9.17) is 0 Å². The van der Waals surface area contributed by atoms with Crippen molar-refractivity contribution in [3.05, 3.63) is 40.0 Å². The molecule has 0 saturated heterocycles. The summed E-state index contributed by atoms with van der Waals surface area (Å²) < 4.78 is 27.6. The lowest BCUT2D eigenvalue weighted by Crippen LogP contribution is -2.32. The fraction of sp³-hybridized carbons (Fsp3) is 0.273. The predicted octanol–water partition coefficient (Wildman–Crippen LogP) is 2.29. The van der Waals surface area contributed by atoms with Crippen molar-refractivity contribution in [1.29, 1.82) is 0 Å². The lowest BCUT2D eigenvalue weighted by molar-refractivity contribution is 0.568. The summed E-state index contributed by atoms with van der Waals surface area (Å²) in [6.45, 7) is 0. The molecule has 1 aromatic carbocycles. The molecule has 0 heterocycles. The number of hydrogen-bond acceptors (Lipinski definition) is 2. The monoisotopic (exact) mass is 349 g/mol. The Morgan fingerprint density at radius 2 is 1.94 bits per heavy atom. The molecule has 0 fully saturated rings. The largest absolute Gasteiger partial charge is 0.241 e. The molecule has 0 radical (unpaired) electrons. The van der Waals surface area contributed by atoms with Crippen LogP contribution in [-0.4, -0.2) is 14.5 Å². The summed E-state index contributed by atoms with van der Waals surface area (Å²) in [6.07, 6.45) is 5.70. The Bertz CT molecular complexity index is 493. The van der Waals surface area contributed by atoms with Gasteiger partial charge in [0.2, 0.25) is 10.0 Å². The van der Waals surface area contributed by atoms with E-state index >= 15 is 0 Å². The number of allylic oxidation sites excluding steroid dienone is 1. The molecular formula is C11H12INO2S. The molecule has 0 aliphatic heterocycles. The number of sulfonamides is 1. The minimum Gasteiger partial charge on any atom is -0.207 e. The van der Waals surface area contributed by atoms with Crippen LogP contribution in [0.25, 0.3) is 0 Å². The Labute approximate surface area is 109 Å². The molecule has 0 aromatic heterocycles. The third-order valence-electron chi connectivity index (χ3n) is 2.44. The first-order chi connectivity index (χ1) is 7.58. The van der Waals surface area contributed by atoms with Gasteiger partial charge in [-0.05, 0) is 59.7 Å². The van der Waals surface area contributed by atoms with E-state index in [0.29, 0.717) is 4.90 Å². The fourth-order valence-electron chi connectivity index (χ4n) is 1.61. The van der Waals surface area contributed by atoms with E-state index in [2.05, 4.69) is 27.3 Å². The van der Waals surface area contributed by atoms with Crippen LogP contribution in [0.3, 0.4) is 0 Å². The minimum absolute atomic E-state index is 0.0516. The maximum atomic E-state index is 12.0. The maximum absolute atomic E-state index is 12.0. The van der Waals surface area contributed by atoms with E-state index in [0.717, 1.165) is 16.4 Å². The molecule has 1 unspecified atom stereocenters. The summed E-state index contributed by atoms with van der Waals surface area (Å²) in [5, 5.41) is 0. The van der Waals surface area contributed by atoms with Gasteiger partial charge in [0.25, 0.3) is 0 Å². The Morgan fingerprint density at radius 3 is 2.50 bits per heavy atom. The van der Waals surface area contributed by atoms with Gasteiger partial charge in [-0.15, -0.1) is 0 Å². The zero-order valence-electron chi connectivity index (χ0n) is 8.56. The first-order valence-electron chi connectivity index (χ1n) is 5.02. The van der Waals surface area contributed by atoms with Crippen LogP contribution in [0, 0.1) is 3.57 Å². The molecule has 86 valence electrons. The second kappa shape index (κ2) is 4.85. The van der Waals surface area contributed by atoms with Crippen LogP contribution in [0.15, 0.2) is 41.3 Å². The average Bonchev–Trinajstić information content (AvgIpc) is 2.70. The quantitative estimate of drug-likeness (QED) is 0.672. The summed E-state index contributed by atoms with van der Waals surface area (Å²) in [5.74, 6) is 0. The smallest absolute Gasteiger partial charge is 0.207 e. The topological polar surface area (TPSA) is 46.2 Å². The van der Waals surface area contributed by atoms with Crippen LogP contribution >= 0.6 is 22.6 Å². The van der Waals surface area contributed by atoms with E-state index in [-0.39, 0.29) is 6.04 Å². The van der Waals surface area contributed by atoms with Gasteiger partial charge in [0.05, 0.1) is 4.90 Å². The summed E-state index contributed by atoms with van der Waals surface area (Å²) in [4.78, 5) is 0.327. The predicted molar refractivity (Wildman–Crippen MR) is 71.6 cm³/mol. The first-order valence-corrected chi connectivity index (χ1v) is 7.59. The lowest BCUT2D eigenvalue weighted by atomic mass is 10.3. The molecule has 1 N–H and O–H groups in total. The molecular weight excluding hydrogens is 337 g/mol. The average molecular weight is 349 g/mol. The van der Waals surface area contributed by atoms with E-state index < -0.39 is 10.0 Å². The van der Waals surface area contributed by atoms with Crippen molar-refractivity contribution in [3.63, 3.8) is 0 Å². The zero-order valence-corrected chi connectivity index (χ0v) is 11.5. The number of hydrogen-bond donors (Lipinski definition) is 1. The van der Waals surface area contributed by atoms with Crippen molar-refractivity contribution < 1.29 is 8.42 Å². The molecule has 0 amide bonds. The number of rotatable bonds is 3. The molecule has 0 spiro atoms. The van der Waals surface area contributed by atoms with Crippen molar-refractivity contribution in [3.8, 4) is 0 Å². The maximum Gasteiger partial charge on any atom is 0.241 e. The van der Waals surface area contributed by atoms with Crippen LogP contribution in [0.5, 0.6) is 0 Å². The molecule has 1 atom stereocenters. The highest BCUT2D eigenvalue weighted by atomic mass is 127. The third kappa shape index (κ3) is 2.83. The van der Waals surface area contributed by atoms with Crippen LogP contribution in [0.2, 0.25) is 0 Å². The van der Waals surface area contributed by atoms with Gasteiger partial charge in [-0.1, -0.05) is 12.2 Å². The van der Waals surface area contributed by atoms with Gasteiger partial charge in [0, 0.05) is 9.61 Å². The normalized spacial score (nSPS) is 20.2. The van der Waals surface area contributed by atoms with Gasteiger partial charge in [0.1, 0.15) is 0 Å². The van der Waals surface area contributed by atoms with Crippen molar-refractivity contribution in [2.24, 2.45) is 0 Å². The zero-order chi connectivity index (χ0) is 11.6. The van der Waals surface area contributed by atoms with Crippen LogP contribution in [0.1, 0.15) is 12.8 Å². The van der Waals surface area contributed by atoms with Gasteiger partial charge in [-0.3, -0.25) is 0 Å². The SMILES string of the molecule is O=S(=O)(NC1C=CCC1)c1ccc(I)cc1. The summed E-state index contributed by atoms with van der Waals surface area (Å²) >= 11 is 2.15. The van der Waals surface area contributed by atoms with Gasteiger partial charge in [-0.25, -0.2) is 13.1 Å². The van der Waals surface area contributed by atoms with E-state index in [1.54, 1.807) is 24.3 Å². The molecule has 5 heteroatoms. The van der Waals surface area contributed by atoms with Gasteiger partial charge >= 0.3 is 0 Å². The summed E-state index contributed by atoms with van der Waals surface area (Å²) in [7, 11) is -3.37. The second-order valence-electron chi connectivity index (χ2n) is 3.69. The van der Waals surface area contributed by atoms with E-state index in [1.807, 2.05) is 12.2 Å². The second-order valence-corrected chi connectivity index (χ2v) is 6.65. The van der Waals surface area contributed by atoms with E-state index in [1.165, 1.54) is 0 Å². The summed E-state index contributed by atoms with van der Waals surface area (Å²) in [6, 6.07) is 6.79. The molecule has 0 saturated carbocycles. The molecule has 16 heavy (non-hydrogen) atoms. The van der Waals surface area contributed by atoms with Gasteiger partial charge in [-0.2, -0.15) is 0 Å². The van der Waals surface area contributed by atoms with Gasteiger partial charge in [0.15, 0.2) is 0 Å². The van der Waals surface area contributed by atoms with Crippen molar-refractivity contribution in [2.75, 3.05) is 0 Å². The summed E-state index contributed by atoms with van der Waals surface area (Å²) in [5.41, 5.74) is 0. The van der Waals surface area contributed by atoms with Crippen LogP contribution in [-0.2, 0) is 10.0 Å². The minimum atomic E-state index is -3.37. The number of benzene rings is 1. The standard InChI is InChI=1S/C11H12INO2S/c12-9-5-7-11(8-6-9)16(14,15)13-10-3-1-2-4-10/h1,3,5-8,10,13H,2,4H2. The highest BCUT2D eigenvalue weighted by Crippen LogP contribution is 2.15. The van der Waals surface area contributed by atoms with Crippen LogP contribution in [0.4, 0.5) is 0 Å².